The maximum absolute atomic E-state index is 12.4. The van der Waals surface area contributed by atoms with Crippen molar-refractivity contribution in [2.24, 2.45) is 34.5 Å². The van der Waals surface area contributed by atoms with Gasteiger partial charge in [-0.1, -0.05) is 27.7 Å². The summed E-state index contributed by atoms with van der Waals surface area (Å²) in [5.74, 6) is 0.447. The zero-order valence-corrected chi connectivity index (χ0v) is 12.0. The molecule has 4 aliphatic rings. The summed E-state index contributed by atoms with van der Waals surface area (Å²) in [4.78, 5) is 12.4. The number of hydrogen-bond donors (Lipinski definition) is 3. The lowest BCUT2D eigenvalue weighted by atomic mass is 9.35. The van der Waals surface area contributed by atoms with Gasteiger partial charge in [-0.15, -0.1) is 0 Å². The van der Waals surface area contributed by atoms with E-state index in [1.807, 2.05) is 20.8 Å². The molecule has 0 radical (unpaired) electrons. The molecular formula is C15H24O4. The van der Waals surface area contributed by atoms with Gasteiger partial charge in [-0.25, -0.2) is 0 Å². The highest BCUT2D eigenvalue weighted by atomic mass is 16.4. The van der Waals surface area contributed by atoms with Gasteiger partial charge < -0.3 is 15.3 Å². The molecule has 1 unspecified atom stereocenters. The van der Waals surface area contributed by atoms with Gasteiger partial charge in [0.15, 0.2) is 0 Å². The summed E-state index contributed by atoms with van der Waals surface area (Å²) in [6.07, 6.45) is -2.62. The van der Waals surface area contributed by atoms with Gasteiger partial charge >= 0.3 is 0 Å². The van der Waals surface area contributed by atoms with E-state index in [0.29, 0.717) is 6.42 Å². The third kappa shape index (κ3) is 1.28. The van der Waals surface area contributed by atoms with E-state index < -0.39 is 29.1 Å². The van der Waals surface area contributed by atoms with Crippen LogP contribution in [0.5, 0.6) is 0 Å². The van der Waals surface area contributed by atoms with E-state index in [9.17, 15) is 20.1 Å². The van der Waals surface area contributed by atoms with Gasteiger partial charge in [0.05, 0.1) is 12.2 Å². The largest absolute Gasteiger partial charge is 0.390 e. The molecule has 4 saturated carbocycles. The first-order chi connectivity index (χ1) is 8.65. The Balaban J connectivity index is 2.16. The van der Waals surface area contributed by atoms with Gasteiger partial charge in [0.2, 0.25) is 0 Å². The monoisotopic (exact) mass is 268 g/mol. The minimum Gasteiger partial charge on any atom is -0.390 e. The van der Waals surface area contributed by atoms with Crippen LogP contribution < -0.4 is 0 Å². The number of carbonyl (C=O) groups excluding carboxylic acids is 1. The minimum absolute atomic E-state index is 0.0653. The quantitative estimate of drug-likeness (QED) is 0.601. The third-order valence-electron chi connectivity index (χ3n) is 6.52. The van der Waals surface area contributed by atoms with E-state index in [1.165, 1.54) is 0 Å². The van der Waals surface area contributed by atoms with E-state index in [1.54, 1.807) is 0 Å². The van der Waals surface area contributed by atoms with Crippen LogP contribution in [0.3, 0.4) is 0 Å². The van der Waals surface area contributed by atoms with Gasteiger partial charge in [-0.3, -0.25) is 4.79 Å². The average Bonchev–Trinajstić information content (AvgIpc) is 2.36. The topological polar surface area (TPSA) is 77.8 Å². The van der Waals surface area contributed by atoms with Crippen LogP contribution in [0.1, 0.15) is 34.1 Å². The molecule has 108 valence electrons. The summed E-state index contributed by atoms with van der Waals surface area (Å²) in [5, 5.41) is 31.1. The second-order valence-electron chi connectivity index (χ2n) is 7.74. The van der Waals surface area contributed by atoms with Crippen molar-refractivity contribution in [3.05, 3.63) is 0 Å². The molecule has 3 N–H and O–H groups in total. The molecule has 0 aromatic rings. The van der Waals surface area contributed by atoms with Gasteiger partial charge in [0, 0.05) is 17.8 Å². The molecule has 8 atom stereocenters. The van der Waals surface area contributed by atoms with Crippen LogP contribution in [0.2, 0.25) is 0 Å². The maximum atomic E-state index is 12.4. The first kappa shape index (κ1) is 13.5. The summed E-state index contributed by atoms with van der Waals surface area (Å²) < 4.78 is 0. The lowest BCUT2D eigenvalue weighted by Crippen LogP contribution is -2.70. The Morgan fingerprint density at radius 1 is 1.05 bits per heavy atom. The molecule has 0 spiro atoms. The van der Waals surface area contributed by atoms with Gasteiger partial charge in [-0.05, 0) is 23.2 Å². The second kappa shape index (κ2) is 3.60. The molecule has 4 aliphatic carbocycles. The minimum atomic E-state index is -1.17. The molecular weight excluding hydrogens is 244 g/mol. The van der Waals surface area contributed by atoms with Crippen molar-refractivity contribution in [3.8, 4) is 0 Å². The summed E-state index contributed by atoms with van der Waals surface area (Å²) in [6, 6.07) is 0. The Morgan fingerprint density at radius 2 is 1.63 bits per heavy atom. The van der Waals surface area contributed by atoms with Crippen LogP contribution in [0.15, 0.2) is 0 Å². The molecule has 0 heterocycles. The fraction of sp³-hybridized carbons (Fsp3) is 0.933. The van der Waals surface area contributed by atoms with Crippen LogP contribution in [0.4, 0.5) is 0 Å². The number of carbonyl (C=O) groups is 1. The number of fused-ring (bicyclic) bond motifs is 2. The summed E-state index contributed by atoms with van der Waals surface area (Å²) in [6.45, 7) is 7.79. The fourth-order valence-corrected chi connectivity index (χ4v) is 5.61. The van der Waals surface area contributed by atoms with E-state index >= 15 is 0 Å². The molecule has 4 bridgehead atoms. The standard InChI is InChI=1S/C15H24O4/c1-6-5-7(16)9-10-8(6)15(9,4)13(19)11(17)12(18)14(10,2)3/h6,8-13,17-19H,5H2,1-4H3/t6-,8-,9?,10-,11+,12+,13+,15-/m0/s1. The molecule has 0 aliphatic heterocycles. The van der Waals surface area contributed by atoms with Gasteiger partial charge in [0.1, 0.15) is 11.9 Å². The van der Waals surface area contributed by atoms with Crippen LogP contribution in [-0.4, -0.2) is 39.4 Å². The van der Waals surface area contributed by atoms with E-state index in [4.69, 9.17) is 0 Å². The first-order valence-corrected chi connectivity index (χ1v) is 7.22. The summed E-state index contributed by atoms with van der Waals surface area (Å²) >= 11 is 0. The van der Waals surface area contributed by atoms with Crippen LogP contribution in [0.25, 0.3) is 0 Å². The molecule has 0 aromatic carbocycles. The SMILES string of the molecule is C[C@H]1CC(=O)C2[C@@H]3[C@H]1[C@]2(C)[C@H](O)[C@H](O)[C@@H](O)C3(C)C. The van der Waals surface area contributed by atoms with Crippen molar-refractivity contribution in [2.45, 2.75) is 52.4 Å². The Bertz CT molecular complexity index is 432. The first-order valence-electron chi connectivity index (χ1n) is 7.22. The average molecular weight is 268 g/mol. The predicted molar refractivity (Wildman–Crippen MR) is 69.2 cm³/mol. The number of rotatable bonds is 0. The van der Waals surface area contributed by atoms with Crippen molar-refractivity contribution < 1.29 is 20.1 Å². The molecule has 0 aromatic heterocycles. The lowest BCUT2D eigenvalue weighted by molar-refractivity contribution is -0.235. The lowest BCUT2D eigenvalue weighted by Gasteiger charge is -2.68. The number of aliphatic hydroxyl groups is 3. The van der Waals surface area contributed by atoms with Crippen LogP contribution in [0, 0.1) is 34.5 Å². The number of Topliss-reactive ketones (excluding diaryl/α,β-unsaturated/α-hetero) is 1. The Hall–Kier alpha value is -0.450. The second-order valence-corrected chi connectivity index (χ2v) is 7.74. The molecule has 4 fully saturated rings. The van der Waals surface area contributed by atoms with Crippen LogP contribution >= 0.6 is 0 Å². The highest BCUT2D eigenvalue weighted by Gasteiger charge is 2.75. The van der Waals surface area contributed by atoms with Crippen molar-refractivity contribution in [1.29, 1.82) is 0 Å². The van der Waals surface area contributed by atoms with Crippen molar-refractivity contribution in [1.82, 2.24) is 0 Å². The van der Waals surface area contributed by atoms with E-state index in [0.717, 1.165) is 0 Å². The summed E-state index contributed by atoms with van der Waals surface area (Å²) in [7, 11) is 0. The van der Waals surface area contributed by atoms with Crippen molar-refractivity contribution in [3.63, 3.8) is 0 Å². The molecule has 19 heavy (non-hydrogen) atoms. The Labute approximate surface area is 113 Å². The number of ketones is 1. The molecule has 4 nitrogen and oxygen atoms in total. The zero-order chi connectivity index (χ0) is 14.3. The Morgan fingerprint density at radius 3 is 2.16 bits per heavy atom. The van der Waals surface area contributed by atoms with Gasteiger partial charge in [-0.2, -0.15) is 0 Å². The third-order valence-corrected chi connectivity index (χ3v) is 6.52. The molecule has 4 heteroatoms. The summed E-state index contributed by atoms with van der Waals surface area (Å²) in [5.41, 5.74) is -1.12. The van der Waals surface area contributed by atoms with Crippen molar-refractivity contribution >= 4 is 5.78 Å². The molecule has 4 rings (SSSR count). The van der Waals surface area contributed by atoms with E-state index in [2.05, 4.69) is 6.92 Å². The zero-order valence-electron chi connectivity index (χ0n) is 12.0. The molecule has 0 amide bonds. The Kier molecular flexibility index (Phi) is 2.56. The maximum Gasteiger partial charge on any atom is 0.137 e. The number of hydrogen-bond acceptors (Lipinski definition) is 4. The van der Waals surface area contributed by atoms with Crippen molar-refractivity contribution in [2.75, 3.05) is 0 Å². The normalized spacial score (nSPS) is 59.3. The highest BCUT2D eigenvalue weighted by Crippen LogP contribution is 2.72. The molecule has 0 saturated heterocycles. The van der Waals surface area contributed by atoms with E-state index in [-0.39, 0.29) is 29.5 Å². The smallest absolute Gasteiger partial charge is 0.137 e. The fourth-order valence-electron chi connectivity index (χ4n) is 5.61. The van der Waals surface area contributed by atoms with Gasteiger partial charge in [0.25, 0.3) is 0 Å². The predicted octanol–water partition coefficient (Wildman–Crippen LogP) is 0.586. The highest BCUT2D eigenvalue weighted by molar-refractivity contribution is 5.86. The van der Waals surface area contributed by atoms with Crippen LogP contribution in [-0.2, 0) is 4.79 Å². The number of aliphatic hydroxyl groups excluding tert-OH is 3.